The molecule has 5 rings (SSSR count). The van der Waals surface area contributed by atoms with E-state index in [0.29, 0.717) is 6.54 Å². The van der Waals surface area contributed by atoms with E-state index in [9.17, 15) is 5.11 Å². The van der Waals surface area contributed by atoms with Crippen LogP contribution in [-0.4, -0.2) is 14.7 Å². The Morgan fingerprint density at radius 1 is 0.821 bits per heavy atom. The number of para-hydroxylation sites is 1. The lowest BCUT2D eigenvalue weighted by molar-refractivity contribution is 0.430. The van der Waals surface area contributed by atoms with Crippen LogP contribution in [0.3, 0.4) is 0 Å². The van der Waals surface area contributed by atoms with Gasteiger partial charge in [0.05, 0.1) is 23.0 Å². The van der Waals surface area contributed by atoms with E-state index >= 15 is 0 Å². The Labute approximate surface area is 163 Å². The van der Waals surface area contributed by atoms with E-state index in [1.165, 1.54) is 5.56 Å². The molecule has 0 aliphatic heterocycles. The van der Waals surface area contributed by atoms with Crippen molar-refractivity contribution in [3.63, 3.8) is 0 Å². The molecule has 3 heteroatoms. The Hall–Kier alpha value is -3.59. The van der Waals surface area contributed by atoms with E-state index in [0.717, 1.165) is 38.5 Å². The number of nitrogens with zero attached hydrogens (tertiary/aromatic N) is 2. The summed E-state index contributed by atoms with van der Waals surface area (Å²) in [6.07, 6.45) is 1.95. The molecule has 0 saturated carbocycles. The highest BCUT2D eigenvalue weighted by Gasteiger charge is 2.18. The van der Waals surface area contributed by atoms with Gasteiger partial charge < -0.3 is 9.67 Å². The number of rotatable bonds is 3. The number of fused-ring (bicyclic) bond motifs is 2. The van der Waals surface area contributed by atoms with Crippen molar-refractivity contribution in [3.8, 4) is 17.0 Å². The third kappa shape index (κ3) is 2.72. The van der Waals surface area contributed by atoms with E-state index < -0.39 is 0 Å². The summed E-state index contributed by atoms with van der Waals surface area (Å²) in [5, 5.41) is 13.0. The summed E-state index contributed by atoms with van der Waals surface area (Å²) in [5.74, 6) is 0.257. The molecule has 0 atom stereocenters. The van der Waals surface area contributed by atoms with E-state index in [1.54, 1.807) is 0 Å². The van der Waals surface area contributed by atoms with Crippen molar-refractivity contribution in [2.75, 3.05) is 0 Å². The molecule has 3 aromatic carbocycles. The topological polar surface area (TPSA) is 38.0 Å². The summed E-state index contributed by atoms with van der Waals surface area (Å²) in [7, 11) is 0. The lowest BCUT2D eigenvalue weighted by Gasteiger charge is -2.10. The molecule has 0 aliphatic carbocycles. The van der Waals surface area contributed by atoms with E-state index in [4.69, 9.17) is 4.98 Å². The van der Waals surface area contributed by atoms with Crippen LogP contribution in [0.1, 0.15) is 11.1 Å². The van der Waals surface area contributed by atoms with Crippen molar-refractivity contribution in [1.29, 1.82) is 0 Å². The quantitative estimate of drug-likeness (QED) is 0.431. The van der Waals surface area contributed by atoms with Crippen LogP contribution in [0.5, 0.6) is 5.88 Å². The van der Waals surface area contributed by atoms with Gasteiger partial charge >= 0.3 is 0 Å². The number of benzene rings is 3. The van der Waals surface area contributed by atoms with Gasteiger partial charge in [-0.15, -0.1) is 0 Å². The summed E-state index contributed by atoms with van der Waals surface area (Å²) < 4.78 is 1.88. The van der Waals surface area contributed by atoms with Crippen molar-refractivity contribution in [2.24, 2.45) is 0 Å². The van der Waals surface area contributed by atoms with Crippen LogP contribution in [0.15, 0.2) is 85.1 Å². The van der Waals surface area contributed by atoms with Crippen LogP contribution in [0.4, 0.5) is 0 Å². The second-order valence-electron chi connectivity index (χ2n) is 7.20. The minimum Gasteiger partial charge on any atom is -0.494 e. The molecule has 0 fully saturated rings. The zero-order valence-electron chi connectivity index (χ0n) is 15.6. The first-order chi connectivity index (χ1) is 13.7. The number of hydrogen-bond acceptors (Lipinski definition) is 2. The number of aromatic hydroxyl groups is 1. The van der Waals surface area contributed by atoms with E-state index in [2.05, 4.69) is 49.4 Å². The molecule has 5 aromatic rings. The zero-order chi connectivity index (χ0) is 19.1. The monoisotopic (exact) mass is 364 g/mol. The highest BCUT2D eigenvalue weighted by atomic mass is 16.3. The SMILES string of the molecule is Cc1ccc(Cn2cc3nc4ccccc4c(-c4ccccc4)c3c2O)cc1. The molecule has 2 heterocycles. The fourth-order valence-electron chi connectivity index (χ4n) is 3.82. The fourth-order valence-corrected chi connectivity index (χ4v) is 3.82. The summed E-state index contributed by atoms with van der Waals surface area (Å²) >= 11 is 0. The second-order valence-corrected chi connectivity index (χ2v) is 7.20. The largest absolute Gasteiger partial charge is 0.494 e. The number of aryl methyl sites for hydroxylation is 1. The van der Waals surface area contributed by atoms with Crippen molar-refractivity contribution < 1.29 is 5.11 Å². The van der Waals surface area contributed by atoms with Gasteiger partial charge in [0, 0.05) is 17.1 Å². The van der Waals surface area contributed by atoms with Crippen molar-refractivity contribution in [1.82, 2.24) is 9.55 Å². The first-order valence-electron chi connectivity index (χ1n) is 9.42. The minimum atomic E-state index is 0.257. The predicted octanol–water partition coefficient (Wildman–Crippen LogP) is 5.92. The number of aromatic nitrogens is 2. The molecular formula is C25H20N2O. The van der Waals surface area contributed by atoms with E-state index in [-0.39, 0.29) is 5.88 Å². The van der Waals surface area contributed by atoms with Gasteiger partial charge in [0.2, 0.25) is 5.88 Å². The summed E-state index contributed by atoms with van der Waals surface area (Å²) in [6.45, 7) is 2.68. The summed E-state index contributed by atoms with van der Waals surface area (Å²) in [4.78, 5) is 4.82. The lowest BCUT2D eigenvalue weighted by Crippen LogP contribution is -1.97. The van der Waals surface area contributed by atoms with Gasteiger partial charge in [0.1, 0.15) is 0 Å². The molecule has 1 N–H and O–H groups in total. The lowest BCUT2D eigenvalue weighted by atomic mass is 9.98. The Balaban J connectivity index is 1.77. The molecule has 0 aliphatic rings. The fraction of sp³-hybridized carbons (Fsp3) is 0.0800. The first kappa shape index (κ1) is 16.6. The number of pyridine rings is 1. The standard InChI is InChI=1S/C25H20N2O/c1-17-11-13-18(14-12-17)15-27-16-22-24(25(27)28)23(19-7-3-2-4-8-19)20-9-5-6-10-21(20)26-22/h2-14,16,28H,15H2,1H3. The van der Waals surface area contributed by atoms with Crippen molar-refractivity contribution >= 4 is 21.8 Å². The van der Waals surface area contributed by atoms with Gasteiger partial charge in [-0.3, -0.25) is 0 Å². The van der Waals surface area contributed by atoms with Crippen molar-refractivity contribution in [3.05, 3.63) is 96.2 Å². The Kier molecular flexibility index (Phi) is 3.87. The van der Waals surface area contributed by atoms with Crippen LogP contribution in [0, 0.1) is 6.92 Å². The maximum Gasteiger partial charge on any atom is 0.201 e. The second kappa shape index (κ2) is 6.54. The Bertz CT molecular complexity index is 1290. The van der Waals surface area contributed by atoms with Gasteiger partial charge in [-0.25, -0.2) is 4.98 Å². The van der Waals surface area contributed by atoms with Crippen LogP contribution >= 0.6 is 0 Å². The Morgan fingerprint density at radius 3 is 2.32 bits per heavy atom. The van der Waals surface area contributed by atoms with Gasteiger partial charge in [-0.05, 0) is 24.1 Å². The molecule has 3 nitrogen and oxygen atoms in total. The summed E-state index contributed by atoms with van der Waals surface area (Å²) in [5.41, 5.74) is 6.22. The molecule has 2 aromatic heterocycles. The maximum atomic E-state index is 11.1. The molecule has 28 heavy (non-hydrogen) atoms. The molecule has 0 bridgehead atoms. The molecule has 0 unspecified atom stereocenters. The average molecular weight is 364 g/mol. The van der Waals surface area contributed by atoms with Crippen LogP contribution in [-0.2, 0) is 6.54 Å². The average Bonchev–Trinajstić information content (AvgIpc) is 3.03. The van der Waals surface area contributed by atoms with Crippen LogP contribution < -0.4 is 0 Å². The maximum absolute atomic E-state index is 11.1. The third-order valence-electron chi connectivity index (χ3n) is 5.23. The molecular weight excluding hydrogens is 344 g/mol. The summed E-state index contributed by atoms with van der Waals surface area (Å²) in [6, 6.07) is 26.7. The van der Waals surface area contributed by atoms with Gasteiger partial charge in [-0.2, -0.15) is 0 Å². The van der Waals surface area contributed by atoms with Gasteiger partial charge in [0.25, 0.3) is 0 Å². The smallest absolute Gasteiger partial charge is 0.201 e. The predicted molar refractivity (Wildman–Crippen MR) is 115 cm³/mol. The molecule has 0 amide bonds. The molecule has 136 valence electrons. The molecule has 0 spiro atoms. The van der Waals surface area contributed by atoms with Crippen molar-refractivity contribution in [2.45, 2.75) is 13.5 Å². The van der Waals surface area contributed by atoms with E-state index in [1.807, 2.05) is 47.2 Å². The molecule has 0 saturated heterocycles. The normalized spacial score (nSPS) is 11.3. The molecule has 0 radical (unpaired) electrons. The van der Waals surface area contributed by atoms with Crippen LogP contribution in [0.25, 0.3) is 32.9 Å². The minimum absolute atomic E-state index is 0.257. The van der Waals surface area contributed by atoms with Gasteiger partial charge in [-0.1, -0.05) is 78.4 Å². The first-order valence-corrected chi connectivity index (χ1v) is 9.42. The zero-order valence-corrected chi connectivity index (χ0v) is 15.6. The number of hydrogen-bond donors (Lipinski definition) is 1. The third-order valence-corrected chi connectivity index (χ3v) is 5.23. The highest BCUT2D eigenvalue weighted by Crippen LogP contribution is 2.40. The van der Waals surface area contributed by atoms with Crippen LogP contribution in [0.2, 0.25) is 0 Å². The highest BCUT2D eigenvalue weighted by molar-refractivity contribution is 6.11. The Morgan fingerprint density at radius 2 is 1.54 bits per heavy atom. The van der Waals surface area contributed by atoms with Gasteiger partial charge in [0.15, 0.2) is 0 Å².